The van der Waals surface area contributed by atoms with Gasteiger partial charge in [-0.25, -0.2) is 4.79 Å². The lowest BCUT2D eigenvalue weighted by molar-refractivity contribution is -0.160. The Balaban J connectivity index is 2.55. The average molecular weight is 196 g/mol. The predicted molar refractivity (Wildman–Crippen MR) is 45.1 cm³/mol. The zero-order valence-corrected chi connectivity index (χ0v) is 7.10. The molecule has 1 aliphatic rings. The lowest BCUT2D eigenvalue weighted by Crippen LogP contribution is -2.36. The first-order valence-corrected chi connectivity index (χ1v) is 3.96. The maximum atomic E-state index is 10.8. The lowest BCUT2D eigenvalue weighted by Gasteiger charge is -2.14. The van der Waals surface area contributed by atoms with Crippen molar-refractivity contribution in [2.24, 2.45) is 0 Å². The van der Waals surface area contributed by atoms with Crippen molar-refractivity contribution in [3.05, 3.63) is 23.8 Å². The second kappa shape index (κ2) is 2.62. The highest BCUT2D eigenvalue weighted by molar-refractivity contribution is 5.81. The van der Waals surface area contributed by atoms with Crippen LogP contribution in [-0.2, 0) is 10.4 Å². The molecular formula is C9H8O5. The molecule has 1 aliphatic heterocycles. The summed E-state index contributed by atoms with van der Waals surface area (Å²) in [4.78, 5) is 10.8. The summed E-state index contributed by atoms with van der Waals surface area (Å²) in [5.41, 5.74) is -1.83. The Hall–Kier alpha value is -1.75. The largest absolute Gasteiger partial charge is 0.508 e. The third kappa shape index (κ3) is 1.03. The molecule has 3 N–H and O–H groups in total. The van der Waals surface area contributed by atoms with Gasteiger partial charge in [0.25, 0.3) is 0 Å². The van der Waals surface area contributed by atoms with E-state index in [9.17, 15) is 9.90 Å². The number of phenols is 1. The molecule has 5 heteroatoms. The van der Waals surface area contributed by atoms with Gasteiger partial charge in [-0.2, -0.15) is 0 Å². The van der Waals surface area contributed by atoms with Gasteiger partial charge in [-0.15, -0.1) is 0 Å². The van der Waals surface area contributed by atoms with Crippen molar-refractivity contribution in [1.82, 2.24) is 0 Å². The van der Waals surface area contributed by atoms with E-state index in [1.54, 1.807) is 0 Å². The maximum Gasteiger partial charge on any atom is 0.344 e. The third-order valence-electron chi connectivity index (χ3n) is 2.20. The van der Waals surface area contributed by atoms with Crippen molar-refractivity contribution in [1.29, 1.82) is 0 Å². The zero-order chi connectivity index (χ0) is 10.3. The van der Waals surface area contributed by atoms with Crippen LogP contribution in [0.2, 0.25) is 0 Å². The number of carbonyl (C=O) groups is 1. The summed E-state index contributed by atoms with van der Waals surface area (Å²) < 4.78 is 4.97. The van der Waals surface area contributed by atoms with E-state index in [0.717, 1.165) is 0 Å². The highest BCUT2D eigenvalue weighted by Gasteiger charge is 2.46. The van der Waals surface area contributed by atoms with Crippen LogP contribution >= 0.6 is 0 Å². The van der Waals surface area contributed by atoms with Crippen LogP contribution in [0, 0.1) is 0 Å². The molecule has 0 saturated heterocycles. The minimum absolute atomic E-state index is 0.0293. The number of hydrogen-bond acceptors (Lipinski definition) is 4. The highest BCUT2D eigenvalue weighted by Crippen LogP contribution is 2.38. The number of benzene rings is 1. The number of rotatable bonds is 1. The number of carboxylic acid groups (broad SMARTS) is 1. The highest BCUT2D eigenvalue weighted by atomic mass is 16.5. The number of phenolic OH excluding ortho intramolecular Hbond substituents is 1. The van der Waals surface area contributed by atoms with Gasteiger partial charge >= 0.3 is 5.97 Å². The first-order valence-electron chi connectivity index (χ1n) is 3.96. The van der Waals surface area contributed by atoms with Crippen molar-refractivity contribution in [3.63, 3.8) is 0 Å². The first kappa shape index (κ1) is 8.83. The Bertz CT molecular complexity index is 400. The van der Waals surface area contributed by atoms with E-state index < -0.39 is 11.6 Å². The molecule has 0 saturated carbocycles. The fraction of sp³-hybridized carbons (Fsp3) is 0.222. The van der Waals surface area contributed by atoms with E-state index in [0.29, 0.717) is 0 Å². The summed E-state index contributed by atoms with van der Waals surface area (Å²) in [5.74, 6) is -1.18. The van der Waals surface area contributed by atoms with Crippen LogP contribution in [-0.4, -0.2) is 27.9 Å². The topological polar surface area (TPSA) is 87.0 Å². The van der Waals surface area contributed by atoms with Gasteiger partial charge in [-0.05, 0) is 12.1 Å². The van der Waals surface area contributed by atoms with Crippen LogP contribution in [0.3, 0.4) is 0 Å². The summed E-state index contributed by atoms with van der Waals surface area (Å²) in [6.45, 7) is -0.332. The molecular weight excluding hydrogens is 188 g/mol. The van der Waals surface area contributed by atoms with Gasteiger partial charge in [-0.3, -0.25) is 0 Å². The predicted octanol–water partition coefficient (Wildman–Crippen LogP) is 0.0568. The minimum Gasteiger partial charge on any atom is -0.508 e. The van der Waals surface area contributed by atoms with Crippen molar-refractivity contribution in [2.75, 3.05) is 6.61 Å². The van der Waals surface area contributed by atoms with E-state index in [4.69, 9.17) is 14.9 Å². The molecule has 0 radical (unpaired) electrons. The normalized spacial score (nSPS) is 24.1. The molecule has 1 aromatic rings. The van der Waals surface area contributed by atoms with Crippen molar-refractivity contribution in [2.45, 2.75) is 5.60 Å². The van der Waals surface area contributed by atoms with Crippen LogP contribution < -0.4 is 4.74 Å². The second-order valence-electron chi connectivity index (χ2n) is 3.13. The molecule has 0 bridgehead atoms. The fourth-order valence-electron chi connectivity index (χ4n) is 1.41. The van der Waals surface area contributed by atoms with Crippen molar-refractivity contribution >= 4 is 5.97 Å². The summed E-state index contributed by atoms with van der Waals surface area (Å²) >= 11 is 0. The Morgan fingerprint density at radius 1 is 1.50 bits per heavy atom. The zero-order valence-electron chi connectivity index (χ0n) is 7.10. The Kier molecular flexibility index (Phi) is 1.65. The molecule has 0 amide bonds. The van der Waals surface area contributed by atoms with E-state index in [2.05, 4.69) is 0 Å². The quantitative estimate of drug-likeness (QED) is 0.591. The average Bonchev–Trinajstić information content (AvgIpc) is 2.45. The fourth-order valence-corrected chi connectivity index (χ4v) is 1.41. The number of aliphatic carboxylic acids is 1. The number of carboxylic acids is 1. The van der Waals surface area contributed by atoms with Gasteiger partial charge in [0.05, 0.1) is 0 Å². The van der Waals surface area contributed by atoms with Crippen LogP contribution in [0.5, 0.6) is 11.5 Å². The van der Waals surface area contributed by atoms with Crippen LogP contribution in [0.25, 0.3) is 0 Å². The lowest BCUT2D eigenvalue weighted by atomic mass is 9.96. The van der Waals surface area contributed by atoms with E-state index >= 15 is 0 Å². The summed E-state index contributed by atoms with van der Waals surface area (Å²) in [5, 5.41) is 27.6. The SMILES string of the molecule is O=C(O)C1(O)COc2cc(O)ccc21. The van der Waals surface area contributed by atoms with Gasteiger partial charge in [-0.1, -0.05) is 0 Å². The number of ether oxygens (including phenoxy) is 1. The number of aromatic hydroxyl groups is 1. The third-order valence-corrected chi connectivity index (χ3v) is 2.20. The van der Waals surface area contributed by atoms with Crippen LogP contribution in [0.15, 0.2) is 18.2 Å². The number of aliphatic hydroxyl groups is 1. The summed E-state index contributed by atoms with van der Waals surface area (Å²) in [6, 6.07) is 3.92. The van der Waals surface area contributed by atoms with E-state index in [1.165, 1.54) is 18.2 Å². The molecule has 1 atom stereocenters. The molecule has 14 heavy (non-hydrogen) atoms. The van der Waals surface area contributed by atoms with Crippen LogP contribution in [0.4, 0.5) is 0 Å². The smallest absolute Gasteiger partial charge is 0.344 e. The van der Waals surface area contributed by atoms with Gasteiger partial charge < -0.3 is 20.1 Å². The van der Waals surface area contributed by atoms with Crippen molar-refractivity contribution < 1.29 is 24.9 Å². The molecule has 0 spiro atoms. The molecule has 1 aromatic carbocycles. The summed E-state index contributed by atoms with van der Waals surface area (Å²) in [6.07, 6.45) is 0. The monoisotopic (exact) mass is 196 g/mol. The second-order valence-corrected chi connectivity index (χ2v) is 3.13. The number of fused-ring (bicyclic) bond motifs is 1. The Labute approximate surface area is 79.2 Å². The standard InChI is InChI=1S/C9H8O5/c10-5-1-2-6-7(3-5)14-4-9(6,13)8(11)12/h1-3,10,13H,4H2,(H,11,12). The van der Waals surface area contributed by atoms with Crippen molar-refractivity contribution in [3.8, 4) is 11.5 Å². The molecule has 0 fully saturated rings. The minimum atomic E-state index is -2.00. The van der Waals surface area contributed by atoms with Gasteiger partial charge in [0.1, 0.15) is 18.1 Å². The number of hydrogen-bond donors (Lipinski definition) is 3. The molecule has 1 heterocycles. The van der Waals surface area contributed by atoms with Crippen LogP contribution in [0.1, 0.15) is 5.56 Å². The van der Waals surface area contributed by atoms with Gasteiger partial charge in [0.15, 0.2) is 0 Å². The molecule has 1 unspecified atom stereocenters. The molecule has 2 rings (SSSR count). The summed E-state index contributed by atoms with van der Waals surface area (Å²) in [7, 11) is 0. The van der Waals surface area contributed by atoms with Gasteiger partial charge in [0.2, 0.25) is 5.60 Å². The molecule has 74 valence electrons. The first-order chi connectivity index (χ1) is 6.54. The molecule has 0 aliphatic carbocycles. The van der Waals surface area contributed by atoms with Gasteiger partial charge in [0, 0.05) is 11.6 Å². The molecule has 5 nitrogen and oxygen atoms in total. The maximum absolute atomic E-state index is 10.8. The Morgan fingerprint density at radius 3 is 2.86 bits per heavy atom. The van der Waals surface area contributed by atoms with E-state index in [1.807, 2.05) is 0 Å². The Morgan fingerprint density at radius 2 is 2.21 bits per heavy atom. The molecule has 0 aromatic heterocycles. The van der Waals surface area contributed by atoms with E-state index in [-0.39, 0.29) is 23.7 Å².